The molecule has 2 aromatic heterocycles. The van der Waals surface area contributed by atoms with Crippen LogP contribution in [0.5, 0.6) is 0 Å². The third kappa shape index (κ3) is 3.64. The molecule has 1 aromatic carbocycles. The molecule has 2 amide bonds. The van der Waals surface area contributed by atoms with Crippen molar-refractivity contribution in [1.82, 2.24) is 20.0 Å². The number of nitrogens with zero attached hydrogens (tertiary/aromatic N) is 4. The summed E-state index contributed by atoms with van der Waals surface area (Å²) in [7, 11) is 0. The first-order valence-electron chi connectivity index (χ1n) is 8.65. The molecule has 1 N–H and O–H groups in total. The van der Waals surface area contributed by atoms with Crippen LogP contribution in [-0.2, 0) is 0 Å². The van der Waals surface area contributed by atoms with E-state index in [0.717, 1.165) is 5.56 Å². The number of nitrogens with one attached hydrogen (secondary N) is 1. The Kier molecular flexibility index (Phi) is 4.53. The molecule has 7 nitrogen and oxygen atoms in total. The van der Waals surface area contributed by atoms with Crippen molar-refractivity contribution in [1.29, 1.82) is 0 Å². The summed E-state index contributed by atoms with van der Waals surface area (Å²) in [5, 5.41) is 6.81. The van der Waals surface area contributed by atoms with Gasteiger partial charge in [0.25, 0.3) is 0 Å². The summed E-state index contributed by atoms with van der Waals surface area (Å²) >= 11 is 0. The summed E-state index contributed by atoms with van der Waals surface area (Å²) in [6.45, 7) is 3.09. The summed E-state index contributed by atoms with van der Waals surface area (Å²) in [6, 6.07) is 9.12. The first kappa shape index (κ1) is 17.1. The number of rotatable bonds is 3. The number of aromatic nitrogens is 3. The molecule has 1 aliphatic heterocycles. The highest BCUT2D eigenvalue weighted by Crippen LogP contribution is 2.32. The minimum Gasteiger partial charge on any atom is -0.339 e. The number of likely N-dealkylation sites (tertiary alicyclic amines) is 1. The number of benzene rings is 1. The van der Waals surface area contributed by atoms with Crippen LogP contribution in [0.25, 0.3) is 11.4 Å². The van der Waals surface area contributed by atoms with Gasteiger partial charge in [0.05, 0.1) is 5.92 Å². The fraction of sp³-hybridized carbons (Fsp3) is 0.263. The van der Waals surface area contributed by atoms with Crippen LogP contribution in [0.3, 0.4) is 0 Å². The summed E-state index contributed by atoms with van der Waals surface area (Å²) in [6.07, 6.45) is 3.36. The van der Waals surface area contributed by atoms with Crippen molar-refractivity contribution in [2.45, 2.75) is 12.8 Å². The third-order valence-corrected chi connectivity index (χ3v) is 4.67. The van der Waals surface area contributed by atoms with Gasteiger partial charge in [-0.05, 0) is 42.3 Å². The maximum absolute atomic E-state index is 13.0. The lowest BCUT2D eigenvalue weighted by atomic mass is 9.98. The fourth-order valence-corrected chi connectivity index (χ4v) is 3.19. The van der Waals surface area contributed by atoms with Crippen LogP contribution >= 0.6 is 0 Å². The Labute approximate surface area is 155 Å². The van der Waals surface area contributed by atoms with Crippen LogP contribution in [0.15, 0.2) is 53.3 Å². The lowest BCUT2D eigenvalue weighted by Gasteiger charge is -2.16. The van der Waals surface area contributed by atoms with Crippen molar-refractivity contribution in [3.05, 3.63) is 60.5 Å². The van der Waals surface area contributed by atoms with E-state index in [1.807, 2.05) is 19.1 Å². The summed E-state index contributed by atoms with van der Waals surface area (Å²) < 4.78 is 18.4. The number of halogens is 1. The Morgan fingerprint density at radius 1 is 1.26 bits per heavy atom. The predicted octanol–water partition coefficient (Wildman–Crippen LogP) is 3.54. The average molecular weight is 367 g/mol. The van der Waals surface area contributed by atoms with Gasteiger partial charge in [0.15, 0.2) is 0 Å². The number of anilines is 1. The Bertz CT molecular complexity index is 929. The van der Waals surface area contributed by atoms with Gasteiger partial charge in [-0.15, -0.1) is 0 Å². The molecule has 0 aliphatic carbocycles. The molecule has 2 atom stereocenters. The van der Waals surface area contributed by atoms with Gasteiger partial charge in [0, 0.05) is 36.7 Å². The number of hydrogen-bond donors (Lipinski definition) is 1. The Balaban J connectivity index is 1.44. The van der Waals surface area contributed by atoms with Gasteiger partial charge < -0.3 is 14.7 Å². The van der Waals surface area contributed by atoms with Gasteiger partial charge in [-0.25, -0.2) is 9.18 Å². The molecule has 0 saturated carbocycles. The van der Waals surface area contributed by atoms with E-state index in [1.165, 1.54) is 24.3 Å². The zero-order valence-electron chi connectivity index (χ0n) is 14.7. The maximum atomic E-state index is 13.0. The first-order valence-corrected chi connectivity index (χ1v) is 8.65. The highest BCUT2D eigenvalue weighted by Gasteiger charge is 2.37. The molecule has 3 aromatic rings. The maximum Gasteiger partial charge on any atom is 0.321 e. The van der Waals surface area contributed by atoms with Crippen LogP contribution in [0.2, 0.25) is 0 Å². The summed E-state index contributed by atoms with van der Waals surface area (Å²) in [5.74, 6) is 0.787. The third-order valence-electron chi connectivity index (χ3n) is 4.67. The lowest BCUT2D eigenvalue weighted by molar-refractivity contribution is 0.220. The van der Waals surface area contributed by atoms with E-state index in [-0.39, 0.29) is 23.7 Å². The standard InChI is InChI=1S/C19H18FN5O2/c1-12-10-25(19(26)22-15-6-4-14(20)5-7-15)11-16(12)18-23-17(24-27-18)13-3-2-8-21-9-13/h2-9,12,16H,10-11H2,1H3,(H,22,26)/t12-,16-/m0/s1. The summed E-state index contributed by atoms with van der Waals surface area (Å²) in [5.41, 5.74) is 1.33. The molecule has 0 unspecified atom stereocenters. The summed E-state index contributed by atoms with van der Waals surface area (Å²) in [4.78, 5) is 22.7. The number of carbonyl (C=O) groups excluding carboxylic acids is 1. The topological polar surface area (TPSA) is 84.2 Å². The molecular formula is C19H18FN5O2. The van der Waals surface area contributed by atoms with E-state index in [0.29, 0.717) is 30.5 Å². The van der Waals surface area contributed by atoms with Crippen molar-refractivity contribution in [2.24, 2.45) is 5.92 Å². The first-order chi connectivity index (χ1) is 13.1. The molecule has 27 heavy (non-hydrogen) atoms. The number of pyridine rings is 1. The van der Waals surface area contributed by atoms with Crippen LogP contribution in [0.4, 0.5) is 14.9 Å². The average Bonchev–Trinajstić information content (AvgIpc) is 3.31. The van der Waals surface area contributed by atoms with Crippen molar-refractivity contribution in [3.63, 3.8) is 0 Å². The Hall–Kier alpha value is -3.29. The molecule has 4 rings (SSSR count). The van der Waals surface area contributed by atoms with Crippen LogP contribution in [0.1, 0.15) is 18.7 Å². The highest BCUT2D eigenvalue weighted by atomic mass is 19.1. The molecule has 138 valence electrons. The van der Waals surface area contributed by atoms with Gasteiger partial charge in [-0.2, -0.15) is 4.98 Å². The SMILES string of the molecule is C[C@H]1CN(C(=O)Nc2ccc(F)cc2)C[C@@H]1c1nc(-c2cccnc2)no1. The van der Waals surface area contributed by atoms with Crippen molar-refractivity contribution in [3.8, 4) is 11.4 Å². The monoisotopic (exact) mass is 367 g/mol. The zero-order chi connectivity index (χ0) is 18.8. The second-order valence-electron chi connectivity index (χ2n) is 6.62. The molecule has 0 spiro atoms. The van der Waals surface area contributed by atoms with Gasteiger partial charge in [-0.3, -0.25) is 4.98 Å². The number of amides is 2. The fourth-order valence-electron chi connectivity index (χ4n) is 3.19. The normalized spacial score (nSPS) is 19.3. The zero-order valence-corrected chi connectivity index (χ0v) is 14.7. The van der Waals surface area contributed by atoms with Crippen LogP contribution in [0, 0.1) is 11.7 Å². The van der Waals surface area contributed by atoms with E-state index >= 15 is 0 Å². The van der Waals surface area contributed by atoms with E-state index in [4.69, 9.17) is 4.52 Å². The molecule has 1 fully saturated rings. The largest absolute Gasteiger partial charge is 0.339 e. The van der Waals surface area contributed by atoms with Crippen molar-refractivity contribution in [2.75, 3.05) is 18.4 Å². The van der Waals surface area contributed by atoms with Gasteiger partial charge in [-0.1, -0.05) is 12.1 Å². The molecule has 0 radical (unpaired) electrons. The highest BCUT2D eigenvalue weighted by molar-refractivity contribution is 5.89. The van der Waals surface area contributed by atoms with Crippen molar-refractivity contribution < 1.29 is 13.7 Å². The van der Waals surface area contributed by atoms with E-state index in [2.05, 4.69) is 20.4 Å². The van der Waals surface area contributed by atoms with E-state index < -0.39 is 0 Å². The van der Waals surface area contributed by atoms with Crippen LogP contribution in [-0.4, -0.2) is 39.1 Å². The number of urea groups is 1. The Morgan fingerprint density at radius 2 is 2.07 bits per heavy atom. The molecule has 1 aliphatic rings. The quantitative estimate of drug-likeness (QED) is 0.765. The minimum absolute atomic E-state index is 0.0399. The van der Waals surface area contributed by atoms with Crippen LogP contribution < -0.4 is 5.32 Å². The van der Waals surface area contributed by atoms with E-state index in [1.54, 1.807) is 17.3 Å². The van der Waals surface area contributed by atoms with Gasteiger partial charge >= 0.3 is 6.03 Å². The smallest absolute Gasteiger partial charge is 0.321 e. The molecule has 1 saturated heterocycles. The number of hydrogen-bond acceptors (Lipinski definition) is 5. The van der Waals surface area contributed by atoms with Crippen molar-refractivity contribution >= 4 is 11.7 Å². The van der Waals surface area contributed by atoms with Gasteiger partial charge in [0.2, 0.25) is 11.7 Å². The molecule has 8 heteroatoms. The second-order valence-corrected chi connectivity index (χ2v) is 6.62. The molecule has 3 heterocycles. The minimum atomic E-state index is -0.344. The lowest BCUT2D eigenvalue weighted by Crippen LogP contribution is -2.33. The molecule has 0 bridgehead atoms. The van der Waals surface area contributed by atoms with E-state index in [9.17, 15) is 9.18 Å². The number of carbonyl (C=O) groups is 1. The van der Waals surface area contributed by atoms with Gasteiger partial charge in [0.1, 0.15) is 5.82 Å². The molecular weight excluding hydrogens is 349 g/mol. The Morgan fingerprint density at radius 3 is 2.81 bits per heavy atom. The predicted molar refractivity (Wildman–Crippen MR) is 96.4 cm³/mol. The second kappa shape index (κ2) is 7.14.